The number of thiocarbonyl (C=S) groups is 1. The summed E-state index contributed by atoms with van der Waals surface area (Å²) in [5, 5.41) is 4.70. The van der Waals surface area contributed by atoms with E-state index in [1.165, 1.54) is 11.3 Å². The molecule has 6 heteroatoms. The van der Waals surface area contributed by atoms with Gasteiger partial charge in [-0.3, -0.25) is 4.79 Å². The molecule has 0 spiro atoms. The molecule has 1 heterocycles. The third kappa shape index (κ3) is 4.32. The van der Waals surface area contributed by atoms with Gasteiger partial charge < -0.3 is 15.8 Å². The Morgan fingerprint density at radius 3 is 2.88 bits per heavy atom. The van der Waals surface area contributed by atoms with Crippen molar-refractivity contribution in [2.75, 3.05) is 7.11 Å². The number of carbonyl (C=O) groups excluding carboxylic acids is 1. The fourth-order valence-electron chi connectivity index (χ4n) is 1.34. The Kier molecular flexibility index (Phi) is 5.37. The lowest BCUT2D eigenvalue weighted by Crippen LogP contribution is -2.36. The summed E-state index contributed by atoms with van der Waals surface area (Å²) in [5.41, 5.74) is 5.47. The van der Waals surface area contributed by atoms with Crippen LogP contribution in [-0.4, -0.2) is 24.0 Å². The molecule has 1 atom stereocenters. The Labute approximate surface area is 110 Å². The van der Waals surface area contributed by atoms with E-state index in [1.54, 1.807) is 18.6 Å². The maximum atomic E-state index is 11.9. The van der Waals surface area contributed by atoms with Gasteiger partial charge in [-0.15, -0.1) is 11.3 Å². The van der Waals surface area contributed by atoms with Gasteiger partial charge >= 0.3 is 0 Å². The number of nitrogens with one attached hydrogen (secondary N) is 1. The van der Waals surface area contributed by atoms with Crippen molar-refractivity contribution < 1.29 is 9.53 Å². The second kappa shape index (κ2) is 6.56. The largest absolute Gasteiger partial charge is 0.496 e. The number of hydrogen-bond acceptors (Lipinski definition) is 4. The third-order valence-electron chi connectivity index (χ3n) is 2.31. The number of amides is 1. The van der Waals surface area contributed by atoms with E-state index in [0.717, 1.165) is 6.42 Å². The SMILES string of the molecule is CCC(CC(N)=S)NC(=O)c1cc(OC)cs1. The number of hydrogen-bond donors (Lipinski definition) is 2. The second-order valence-electron chi connectivity index (χ2n) is 3.60. The van der Waals surface area contributed by atoms with E-state index in [1.807, 2.05) is 6.92 Å². The summed E-state index contributed by atoms with van der Waals surface area (Å²) in [5.74, 6) is 0.587. The van der Waals surface area contributed by atoms with Crippen LogP contribution in [-0.2, 0) is 0 Å². The zero-order valence-electron chi connectivity index (χ0n) is 9.86. The molecule has 0 bridgehead atoms. The molecule has 0 saturated carbocycles. The topological polar surface area (TPSA) is 64.3 Å². The van der Waals surface area contributed by atoms with E-state index < -0.39 is 0 Å². The van der Waals surface area contributed by atoms with Crippen LogP contribution in [0.25, 0.3) is 0 Å². The monoisotopic (exact) mass is 272 g/mol. The molecule has 0 fully saturated rings. The van der Waals surface area contributed by atoms with Crippen molar-refractivity contribution in [2.45, 2.75) is 25.8 Å². The Morgan fingerprint density at radius 2 is 2.41 bits per heavy atom. The number of nitrogens with two attached hydrogens (primary N) is 1. The minimum Gasteiger partial charge on any atom is -0.496 e. The fourth-order valence-corrected chi connectivity index (χ4v) is 2.30. The van der Waals surface area contributed by atoms with Crippen LogP contribution in [0.1, 0.15) is 29.4 Å². The van der Waals surface area contributed by atoms with Gasteiger partial charge in [-0.05, 0) is 6.42 Å². The lowest BCUT2D eigenvalue weighted by atomic mass is 10.1. The minimum atomic E-state index is -0.110. The van der Waals surface area contributed by atoms with E-state index in [-0.39, 0.29) is 11.9 Å². The van der Waals surface area contributed by atoms with Crippen LogP contribution in [0.15, 0.2) is 11.4 Å². The van der Waals surface area contributed by atoms with Crippen molar-refractivity contribution >= 4 is 34.5 Å². The highest BCUT2D eigenvalue weighted by Gasteiger charge is 2.14. The zero-order valence-corrected chi connectivity index (χ0v) is 11.5. The van der Waals surface area contributed by atoms with E-state index in [0.29, 0.717) is 22.0 Å². The van der Waals surface area contributed by atoms with Crippen molar-refractivity contribution in [3.8, 4) is 5.75 Å². The van der Waals surface area contributed by atoms with Crippen molar-refractivity contribution in [3.63, 3.8) is 0 Å². The van der Waals surface area contributed by atoms with Crippen molar-refractivity contribution in [1.82, 2.24) is 5.32 Å². The molecule has 17 heavy (non-hydrogen) atoms. The molecule has 1 aromatic heterocycles. The van der Waals surface area contributed by atoms with Gasteiger partial charge in [-0.1, -0.05) is 19.1 Å². The predicted molar refractivity (Wildman–Crippen MR) is 73.8 cm³/mol. The smallest absolute Gasteiger partial charge is 0.261 e. The molecule has 3 N–H and O–H groups in total. The molecular weight excluding hydrogens is 256 g/mol. The fraction of sp³-hybridized carbons (Fsp3) is 0.455. The van der Waals surface area contributed by atoms with Crippen molar-refractivity contribution in [1.29, 1.82) is 0 Å². The van der Waals surface area contributed by atoms with Crippen LogP contribution in [0, 0.1) is 0 Å². The Hall–Kier alpha value is -1.14. The average Bonchev–Trinajstić information content (AvgIpc) is 2.75. The molecule has 4 nitrogen and oxygen atoms in total. The average molecular weight is 272 g/mol. The molecule has 0 saturated heterocycles. The van der Waals surface area contributed by atoms with Crippen LogP contribution in [0.3, 0.4) is 0 Å². The van der Waals surface area contributed by atoms with Crippen molar-refractivity contribution in [2.24, 2.45) is 5.73 Å². The van der Waals surface area contributed by atoms with Gasteiger partial charge in [0.15, 0.2) is 0 Å². The normalized spacial score (nSPS) is 11.9. The quantitative estimate of drug-likeness (QED) is 0.777. The van der Waals surface area contributed by atoms with Gasteiger partial charge in [0.05, 0.1) is 17.0 Å². The van der Waals surface area contributed by atoms with Crippen LogP contribution < -0.4 is 15.8 Å². The number of thiophene rings is 1. The van der Waals surface area contributed by atoms with Crippen molar-refractivity contribution in [3.05, 3.63) is 16.3 Å². The summed E-state index contributed by atoms with van der Waals surface area (Å²) < 4.78 is 5.03. The predicted octanol–water partition coefficient (Wildman–Crippen LogP) is 1.94. The molecule has 1 amide bonds. The van der Waals surface area contributed by atoms with Gasteiger partial charge in [0, 0.05) is 23.9 Å². The lowest BCUT2D eigenvalue weighted by Gasteiger charge is -2.15. The summed E-state index contributed by atoms with van der Waals surface area (Å²) in [6.07, 6.45) is 1.33. The number of methoxy groups -OCH3 is 1. The molecule has 0 aromatic carbocycles. The summed E-state index contributed by atoms with van der Waals surface area (Å²) in [6, 6.07) is 1.71. The summed E-state index contributed by atoms with van der Waals surface area (Å²) in [6.45, 7) is 1.98. The first kappa shape index (κ1) is 13.9. The lowest BCUT2D eigenvalue weighted by molar-refractivity contribution is 0.0941. The molecule has 0 radical (unpaired) electrons. The maximum Gasteiger partial charge on any atom is 0.261 e. The molecule has 94 valence electrons. The molecule has 1 unspecified atom stereocenters. The number of ether oxygens (including phenoxy) is 1. The highest BCUT2D eigenvalue weighted by molar-refractivity contribution is 7.80. The summed E-state index contributed by atoms with van der Waals surface area (Å²) in [7, 11) is 1.57. The Balaban J connectivity index is 2.60. The van der Waals surface area contributed by atoms with Gasteiger partial charge in [-0.25, -0.2) is 0 Å². The molecule has 0 aliphatic rings. The van der Waals surface area contributed by atoms with Crippen LogP contribution in [0.2, 0.25) is 0 Å². The molecule has 1 aromatic rings. The minimum absolute atomic E-state index is 0.00639. The molecule has 0 aliphatic carbocycles. The van der Waals surface area contributed by atoms with Gasteiger partial charge in [-0.2, -0.15) is 0 Å². The number of rotatable bonds is 6. The Morgan fingerprint density at radius 1 is 1.71 bits per heavy atom. The third-order valence-corrected chi connectivity index (χ3v) is 3.38. The first-order valence-electron chi connectivity index (χ1n) is 5.28. The first-order chi connectivity index (χ1) is 8.06. The number of carbonyl (C=O) groups is 1. The first-order valence-corrected chi connectivity index (χ1v) is 6.57. The standard InChI is InChI=1S/C11H16N2O2S2/c1-3-7(4-10(12)16)13-11(14)9-5-8(15-2)6-17-9/h5-7H,3-4H2,1-2H3,(H2,12,16)(H,13,14). The van der Waals surface area contributed by atoms with E-state index in [4.69, 9.17) is 22.7 Å². The maximum absolute atomic E-state index is 11.9. The summed E-state index contributed by atoms with van der Waals surface area (Å²) in [4.78, 5) is 12.9. The van der Waals surface area contributed by atoms with Gasteiger partial charge in [0.1, 0.15) is 5.75 Å². The molecule has 0 aliphatic heterocycles. The van der Waals surface area contributed by atoms with E-state index in [2.05, 4.69) is 5.32 Å². The van der Waals surface area contributed by atoms with E-state index in [9.17, 15) is 4.79 Å². The molecular formula is C11H16N2O2S2. The molecule has 1 rings (SSSR count). The van der Waals surface area contributed by atoms with Gasteiger partial charge in [0.25, 0.3) is 5.91 Å². The van der Waals surface area contributed by atoms with E-state index >= 15 is 0 Å². The van der Waals surface area contributed by atoms with Crippen LogP contribution in [0.5, 0.6) is 5.75 Å². The highest BCUT2D eigenvalue weighted by atomic mass is 32.1. The van der Waals surface area contributed by atoms with Crippen LogP contribution >= 0.6 is 23.6 Å². The van der Waals surface area contributed by atoms with Crippen LogP contribution in [0.4, 0.5) is 0 Å². The summed E-state index contributed by atoms with van der Waals surface area (Å²) >= 11 is 6.19. The zero-order chi connectivity index (χ0) is 12.8. The highest BCUT2D eigenvalue weighted by Crippen LogP contribution is 2.21. The van der Waals surface area contributed by atoms with Gasteiger partial charge in [0.2, 0.25) is 0 Å². The second-order valence-corrected chi connectivity index (χ2v) is 5.04. The Bertz CT molecular complexity index is 404.